The molecule has 2 heterocycles. The van der Waals surface area contributed by atoms with Gasteiger partial charge in [0.2, 0.25) is 0 Å². The number of hydrogen-bond acceptors (Lipinski definition) is 4. The molecular formula is C15H20N4O. The molecule has 1 aliphatic heterocycles. The van der Waals surface area contributed by atoms with Gasteiger partial charge in [-0.2, -0.15) is 5.10 Å². The third-order valence-electron chi connectivity index (χ3n) is 4.01. The maximum Gasteiger partial charge on any atom is 0.275 e. The van der Waals surface area contributed by atoms with Crippen LogP contribution in [0.1, 0.15) is 6.92 Å². The van der Waals surface area contributed by atoms with E-state index in [0.717, 1.165) is 43.5 Å². The van der Waals surface area contributed by atoms with Crippen LogP contribution < -0.4 is 5.56 Å². The number of piperazine rings is 1. The number of benzene rings is 1. The summed E-state index contributed by atoms with van der Waals surface area (Å²) in [6.07, 6.45) is 1.78. The Morgan fingerprint density at radius 3 is 2.55 bits per heavy atom. The quantitative estimate of drug-likeness (QED) is 0.835. The monoisotopic (exact) mass is 272 g/mol. The molecule has 0 spiro atoms. The van der Waals surface area contributed by atoms with E-state index >= 15 is 0 Å². The van der Waals surface area contributed by atoms with Crippen molar-refractivity contribution < 1.29 is 0 Å². The molecule has 5 heteroatoms. The lowest BCUT2D eigenvalue weighted by Crippen LogP contribution is -2.47. The minimum Gasteiger partial charge on any atom is -0.301 e. The zero-order chi connectivity index (χ0) is 13.9. The molecule has 106 valence electrons. The van der Waals surface area contributed by atoms with E-state index in [0.29, 0.717) is 6.67 Å². The third-order valence-corrected chi connectivity index (χ3v) is 4.01. The Morgan fingerprint density at radius 2 is 1.80 bits per heavy atom. The summed E-state index contributed by atoms with van der Waals surface area (Å²) >= 11 is 0. The van der Waals surface area contributed by atoms with Crippen LogP contribution in [0.2, 0.25) is 0 Å². The second kappa shape index (κ2) is 5.73. The zero-order valence-corrected chi connectivity index (χ0v) is 11.8. The summed E-state index contributed by atoms with van der Waals surface area (Å²) in [6.45, 7) is 8.00. The summed E-state index contributed by atoms with van der Waals surface area (Å²) < 4.78 is 1.57. The van der Waals surface area contributed by atoms with Crippen LogP contribution in [0, 0.1) is 0 Å². The molecule has 1 aromatic heterocycles. The van der Waals surface area contributed by atoms with Crippen molar-refractivity contribution in [2.75, 3.05) is 32.7 Å². The van der Waals surface area contributed by atoms with Gasteiger partial charge in [-0.15, -0.1) is 0 Å². The van der Waals surface area contributed by atoms with Crippen molar-refractivity contribution in [1.82, 2.24) is 19.6 Å². The molecule has 20 heavy (non-hydrogen) atoms. The van der Waals surface area contributed by atoms with Crippen molar-refractivity contribution in [3.05, 3.63) is 40.8 Å². The van der Waals surface area contributed by atoms with E-state index in [-0.39, 0.29) is 5.56 Å². The van der Waals surface area contributed by atoms with Gasteiger partial charge in [0.05, 0.1) is 18.3 Å². The van der Waals surface area contributed by atoms with Gasteiger partial charge in [0.15, 0.2) is 0 Å². The maximum atomic E-state index is 12.4. The fraction of sp³-hybridized carbons (Fsp3) is 0.467. The average Bonchev–Trinajstić information content (AvgIpc) is 2.51. The van der Waals surface area contributed by atoms with Gasteiger partial charge < -0.3 is 4.90 Å². The first-order chi connectivity index (χ1) is 9.78. The summed E-state index contributed by atoms with van der Waals surface area (Å²) in [6, 6.07) is 7.62. The van der Waals surface area contributed by atoms with Crippen LogP contribution in [0.5, 0.6) is 0 Å². The van der Waals surface area contributed by atoms with Gasteiger partial charge in [0.1, 0.15) is 0 Å². The van der Waals surface area contributed by atoms with Crippen LogP contribution in [-0.2, 0) is 6.67 Å². The predicted molar refractivity (Wildman–Crippen MR) is 79.7 cm³/mol. The Labute approximate surface area is 118 Å². The van der Waals surface area contributed by atoms with Crippen molar-refractivity contribution >= 4 is 10.8 Å². The smallest absolute Gasteiger partial charge is 0.275 e. The lowest BCUT2D eigenvalue weighted by Gasteiger charge is -2.33. The minimum atomic E-state index is 0.000945. The molecule has 0 atom stereocenters. The Bertz CT molecular complexity index is 644. The lowest BCUT2D eigenvalue weighted by atomic mass is 10.2. The van der Waals surface area contributed by atoms with E-state index in [1.54, 1.807) is 10.9 Å². The first-order valence-corrected chi connectivity index (χ1v) is 7.17. The highest BCUT2D eigenvalue weighted by molar-refractivity contribution is 5.80. The SMILES string of the molecule is CCN1CCN(Cn2ncc3ccccc3c2=O)CC1. The number of nitrogens with zero attached hydrogens (tertiary/aromatic N) is 4. The second-order valence-corrected chi connectivity index (χ2v) is 5.23. The Hall–Kier alpha value is -1.72. The third kappa shape index (κ3) is 2.59. The summed E-state index contributed by atoms with van der Waals surface area (Å²) in [4.78, 5) is 17.1. The van der Waals surface area contributed by atoms with E-state index in [9.17, 15) is 4.79 Å². The van der Waals surface area contributed by atoms with Crippen LogP contribution in [0.3, 0.4) is 0 Å². The van der Waals surface area contributed by atoms with Gasteiger partial charge in [-0.05, 0) is 12.6 Å². The normalized spacial score (nSPS) is 17.6. The number of aromatic nitrogens is 2. The summed E-state index contributed by atoms with van der Waals surface area (Å²) in [5.41, 5.74) is 0.000945. The molecule has 0 aliphatic carbocycles. The number of fused-ring (bicyclic) bond motifs is 1. The van der Waals surface area contributed by atoms with Crippen molar-refractivity contribution in [2.45, 2.75) is 13.6 Å². The fourth-order valence-corrected chi connectivity index (χ4v) is 2.66. The molecule has 1 fully saturated rings. The van der Waals surface area contributed by atoms with E-state index < -0.39 is 0 Å². The predicted octanol–water partition coefficient (Wildman–Crippen LogP) is 0.991. The average molecular weight is 272 g/mol. The highest BCUT2D eigenvalue weighted by Gasteiger charge is 2.16. The standard InChI is InChI=1S/C15H20N4O/c1-2-17-7-9-18(10-8-17)12-19-15(20)14-6-4-3-5-13(14)11-16-19/h3-6,11H,2,7-10,12H2,1H3. The summed E-state index contributed by atoms with van der Waals surface area (Å²) in [5, 5.41) is 5.94. The fourth-order valence-electron chi connectivity index (χ4n) is 2.66. The number of rotatable bonds is 3. The number of likely N-dealkylation sites (N-methyl/N-ethyl adjacent to an activating group) is 1. The van der Waals surface area contributed by atoms with Gasteiger partial charge in [0.25, 0.3) is 5.56 Å². The molecule has 1 saturated heterocycles. The van der Waals surface area contributed by atoms with Crippen LogP contribution in [-0.4, -0.2) is 52.3 Å². The van der Waals surface area contributed by atoms with Crippen molar-refractivity contribution in [1.29, 1.82) is 0 Å². The van der Waals surface area contributed by atoms with Gasteiger partial charge in [0, 0.05) is 31.6 Å². The highest BCUT2D eigenvalue weighted by atomic mass is 16.1. The first-order valence-electron chi connectivity index (χ1n) is 7.17. The van der Waals surface area contributed by atoms with Crippen LogP contribution >= 0.6 is 0 Å². The molecule has 0 amide bonds. The Kier molecular flexibility index (Phi) is 3.80. The molecular weight excluding hydrogens is 252 g/mol. The molecule has 3 rings (SSSR count). The lowest BCUT2D eigenvalue weighted by molar-refractivity contribution is 0.105. The summed E-state index contributed by atoms with van der Waals surface area (Å²) in [7, 11) is 0. The molecule has 0 radical (unpaired) electrons. The van der Waals surface area contributed by atoms with Crippen LogP contribution in [0.15, 0.2) is 35.3 Å². The number of hydrogen-bond donors (Lipinski definition) is 0. The molecule has 0 bridgehead atoms. The molecule has 0 N–H and O–H groups in total. The minimum absolute atomic E-state index is 0.000945. The van der Waals surface area contributed by atoms with Gasteiger partial charge >= 0.3 is 0 Å². The Balaban J connectivity index is 1.78. The van der Waals surface area contributed by atoms with E-state index in [2.05, 4.69) is 21.8 Å². The van der Waals surface area contributed by atoms with Crippen LogP contribution in [0.4, 0.5) is 0 Å². The van der Waals surface area contributed by atoms with Crippen molar-refractivity contribution in [3.63, 3.8) is 0 Å². The molecule has 1 aliphatic rings. The second-order valence-electron chi connectivity index (χ2n) is 5.23. The van der Waals surface area contributed by atoms with Gasteiger partial charge in [-0.25, -0.2) is 4.68 Å². The largest absolute Gasteiger partial charge is 0.301 e. The van der Waals surface area contributed by atoms with E-state index in [1.165, 1.54) is 0 Å². The molecule has 0 unspecified atom stereocenters. The van der Waals surface area contributed by atoms with E-state index in [4.69, 9.17) is 0 Å². The Morgan fingerprint density at radius 1 is 1.10 bits per heavy atom. The highest BCUT2D eigenvalue weighted by Crippen LogP contribution is 2.07. The van der Waals surface area contributed by atoms with Gasteiger partial charge in [-0.1, -0.05) is 25.1 Å². The molecule has 0 saturated carbocycles. The van der Waals surface area contributed by atoms with Crippen molar-refractivity contribution in [3.8, 4) is 0 Å². The molecule has 1 aromatic carbocycles. The molecule has 2 aromatic rings. The van der Waals surface area contributed by atoms with E-state index in [1.807, 2.05) is 24.3 Å². The van der Waals surface area contributed by atoms with Crippen LogP contribution in [0.25, 0.3) is 10.8 Å². The topological polar surface area (TPSA) is 41.4 Å². The van der Waals surface area contributed by atoms with Gasteiger partial charge in [-0.3, -0.25) is 9.69 Å². The zero-order valence-electron chi connectivity index (χ0n) is 11.8. The maximum absolute atomic E-state index is 12.4. The summed E-state index contributed by atoms with van der Waals surface area (Å²) in [5.74, 6) is 0. The first kappa shape index (κ1) is 13.3. The van der Waals surface area contributed by atoms with Crippen molar-refractivity contribution in [2.24, 2.45) is 0 Å². The molecule has 5 nitrogen and oxygen atoms in total.